The highest BCUT2D eigenvalue weighted by Crippen LogP contribution is 2.28. The molecule has 7 heteroatoms. The number of carbonyl (C=O) groups is 3. The largest absolute Gasteiger partial charge is 0.338 e. The molecular formula is C19H25N3O3S. The van der Waals surface area contributed by atoms with Crippen molar-refractivity contribution in [3.8, 4) is 0 Å². The maximum atomic E-state index is 12.8. The van der Waals surface area contributed by atoms with Crippen LogP contribution in [-0.4, -0.2) is 64.8 Å². The Bertz CT molecular complexity index is 684. The first kappa shape index (κ1) is 17.5. The van der Waals surface area contributed by atoms with E-state index in [1.54, 1.807) is 16.2 Å². The minimum atomic E-state index is -0.493. The van der Waals surface area contributed by atoms with Crippen molar-refractivity contribution in [1.82, 2.24) is 14.7 Å². The van der Waals surface area contributed by atoms with Gasteiger partial charge in [-0.2, -0.15) is 0 Å². The first-order valence-electron chi connectivity index (χ1n) is 9.58. The Morgan fingerprint density at radius 3 is 2.69 bits per heavy atom. The van der Waals surface area contributed by atoms with Crippen molar-refractivity contribution in [1.29, 1.82) is 0 Å². The summed E-state index contributed by atoms with van der Waals surface area (Å²) in [6.45, 7) is 1.78. The Morgan fingerprint density at radius 2 is 1.96 bits per heavy atom. The number of carbonyl (C=O) groups excluding carboxylic acids is 3. The molecule has 4 amide bonds. The number of rotatable bonds is 4. The lowest BCUT2D eigenvalue weighted by Gasteiger charge is -2.37. The van der Waals surface area contributed by atoms with E-state index in [1.807, 2.05) is 22.4 Å². The zero-order valence-corrected chi connectivity index (χ0v) is 15.7. The highest BCUT2D eigenvalue weighted by atomic mass is 32.1. The molecule has 140 valence electrons. The minimum absolute atomic E-state index is 0.109. The van der Waals surface area contributed by atoms with Crippen molar-refractivity contribution >= 4 is 29.2 Å². The second kappa shape index (κ2) is 7.39. The maximum Gasteiger partial charge on any atom is 0.327 e. The lowest BCUT2D eigenvalue weighted by Crippen LogP contribution is -2.55. The van der Waals surface area contributed by atoms with Gasteiger partial charge >= 0.3 is 6.03 Å². The van der Waals surface area contributed by atoms with E-state index in [2.05, 4.69) is 0 Å². The summed E-state index contributed by atoms with van der Waals surface area (Å²) in [5.74, 6) is 0.145. The van der Waals surface area contributed by atoms with Gasteiger partial charge in [-0.25, -0.2) is 4.79 Å². The van der Waals surface area contributed by atoms with E-state index in [-0.39, 0.29) is 23.8 Å². The van der Waals surface area contributed by atoms with Crippen LogP contribution < -0.4 is 0 Å². The lowest BCUT2D eigenvalue weighted by atomic mass is 9.88. The predicted molar refractivity (Wildman–Crippen MR) is 98.8 cm³/mol. The summed E-state index contributed by atoms with van der Waals surface area (Å²) >= 11 is 1.64. The molecule has 4 rings (SSSR count). The van der Waals surface area contributed by atoms with E-state index in [9.17, 15) is 14.4 Å². The first-order valence-corrected chi connectivity index (χ1v) is 10.5. The van der Waals surface area contributed by atoms with E-state index >= 15 is 0 Å². The molecule has 0 bridgehead atoms. The quantitative estimate of drug-likeness (QED) is 0.759. The van der Waals surface area contributed by atoms with Crippen LogP contribution in [0.5, 0.6) is 0 Å². The number of piperazine rings is 1. The van der Waals surface area contributed by atoms with E-state index in [1.165, 1.54) is 16.2 Å². The Hall–Kier alpha value is -1.89. The molecule has 2 aliphatic heterocycles. The van der Waals surface area contributed by atoms with Crippen LogP contribution in [0.1, 0.15) is 37.0 Å². The molecule has 1 aliphatic carbocycles. The van der Waals surface area contributed by atoms with Gasteiger partial charge in [-0.3, -0.25) is 14.5 Å². The highest BCUT2D eigenvalue weighted by molar-refractivity contribution is 7.09. The van der Waals surface area contributed by atoms with Gasteiger partial charge in [-0.15, -0.1) is 11.3 Å². The molecule has 0 spiro atoms. The van der Waals surface area contributed by atoms with Crippen LogP contribution in [0.25, 0.3) is 0 Å². The van der Waals surface area contributed by atoms with Crippen molar-refractivity contribution in [2.45, 2.75) is 44.6 Å². The van der Waals surface area contributed by atoms with Crippen molar-refractivity contribution in [2.75, 3.05) is 26.2 Å². The van der Waals surface area contributed by atoms with E-state index < -0.39 is 6.04 Å². The summed E-state index contributed by atoms with van der Waals surface area (Å²) in [5, 5.41) is 2.00. The fraction of sp³-hybridized carbons (Fsp3) is 0.632. The monoisotopic (exact) mass is 375 g/mol. The molecule has 0 radical (unpaired) electrons. The maximum absolute atomic E-state index is 12.8. The van der Waals surface area contributed by atoms with Gasteiger partial charge in [0.05, 0.1) is 6.54 Å². The number of hydrogen-bond acceptors (Lipinski definition) is 4. The van der Waals surface area contributed by atoms with Gasteiger partial charge in [0.2, 0.25) is 5.91 Å². The summed E-state index contributed by atoms with van der Waals surface area (Å²) in [7, 11) is 0. The molecule has 1 aromatic rings. The third kappa shape index (κ3) is 3.24. The third-order valence-electron chi connectivity index (χ3n) is 5.84. The van der Waals surface area contributed by atoms with Crippen molar-refractivity contribution in [2.24, 2.45) is 5.92 Å². The van der Waals surface area contributed by atoms with E-state index in [0.717, 1.165) is 25.7 Å². The molecule has 3 aliphatic rings. The molecule has 2 saturated heterocycles. The van der Waals surface area contributed by atoms with E-state index in [0.29, 0.717) is 32.6 Å². The van der Waals surface area contributed by atoms with Crippen molar-refractivity contribution in [3.05, 3.63) is 22.4 Å². The fourth-order valence-electron chi connectivity index (χ4n) is 4.34. The minimum Gasteiger partial charge on any atom is -0.338 e. The number of hydrogen-bond donors (Lipinski definition) is 0. The van der Waals surface area contributed by atoms with Gasteiger partial charge in [-0.1, -0.05) is 25.3 Å². The molecule has 1 atom stereocenters. The van der Waals surface area contributed by atoms with Crippen LogP contribution in [0.2, 0.25) is 0 Å². The molecule has 1 aromatic heterocycles. The predicted octanol–water partition coefficient (Wildman–Crippen LogP) is 2.35. The van der Waals surface area contributed by atoms with Crippen LogP contribution in [-0.2, 0) is 16.0 Å². The Labute approximate surface area is 157 Å². The van der Waals surface area contributed by atoms with Crippen LogP contribution in [0.3, 0.4) is 0 Å². The van der Waals surface area contributed by atoms with Crippen LogP contribution in [0.4, 0.5) is 4.79 Å². The van der Waals surface area contributed by atoms with Gasteiger partial charge in [0.25, 0.3) is 5.91 Å². The van der Waals surface area contributed by atoms with Crippen LogP contribution in [0.15, 0.2) is 17.5 Å². The van der Waals surface area contributed by atoms with Crippen molar-refractivity contribution in [3.63, 3.8) is 0 Å². The average molecular weight is 375 g/mol. The Kier molecular flexibility index (Phi) is 4.98. The molecule has 6 nitrogen and oxygen atoms in total. The van der Waals surface area contributed by atoms with Crippen LogP contribution >= 0.6 is 11.3 Å². The second-order valence-electron chi connectivity index (χ2n) is 7.43. The molecule has 0 aromatic carbocycles. The number of imide groups is 1. The number of fused-ring (bicyclic) bond motifs is 1. The average Bonchev–Trinajstić information content (AvgIpc) is 3.28. The zero-order valence-electron chi connectivity index (χ0n) is 14.9. The highest BCUT2D eigenvalue weighted by Gasteiger charge is 2.48. The summed E-state index contributed by atoms with van der Waals surface area (Å²) < 4.78 is 0. The summed E-state index contributed by atoms with van der Waals surface area (Å²) in [6, 6.07) is 3.31. The molecule has 3 fully saturated rings. The summed E-state index contributed by atoms with van der Waals surface area (Å²) in [6.07, 6.45) is 6.07. The number of urea groups is 1. The van der Waals surface area contributed by atoms with Gasteiger partial charge < -0.3 is 9.80 Å². The van der Waals surface area contributed by atoms with Crippen LogP contribution in [0, 0.1) is 5.92 Å². The van der Waals surface area contributed by atoms with Gasteiger partial charge in [0.1, 0.15) is 6.04 Å². The van der Waals surface area contributed by atoms with Gasteiger partial charge in [0.15, 0.2) is 0 Å². The van der Waals surface area contributed by atoms with Crippen molar-refractivity contribution < 1.29 is 14.4 Å². The smallest absolute Gasteiger partial charge is 0.327 e. The third-order valence-corrected chi connectivity index (χ3v) is 6.77. The second-order valence-corrected chi connectivity index (χ2v) is 8.46. The molecular weight excluding hydrogens is 350 g/mol. The normalized spacial score (nSPS) is 24.3. The van der Waals surface area contributed by atoms with Gasteiger partial charge in [-0.05, 0) is 30.7 Å². The topological polar surface area (TPSA) is 60.9 Å². The van der Waals surface area contributed by atoms with E-state index in [4.69, 9.17) is 0 Å². The molecule has 0 unspecified atom stereocenters. The lowest BCUT2D eigenvalue weighted by molar-refractivity contribution is -0.140. The number of thiophene rings is 1. The molecule has 3 heterocycles. The van der Waals surface area contributed by atoms with Gasteiger partial charge in [0, 0.05) is 30.4 Å². The first-order chi connectivity index (χ1) is 12.6. The Morgan fingerprint density at radius 1 is 1.15 bits per heavy atom. The zero-order chi connectivity index (χ0) is 18.1. The fourth-order valence-corrected chi connectivity index (χ4v) is 5.04. The number of nitrogens with zero attached hydrogens (tertiary/aromatic N) is 3. The SMILES string of the molecule is O=C(C1CCCCC1)N1CCN2C(=O)N(CCc3cccs3)C(=O)[C@H]2C1. The standard InChI is InChI=1S/C19H25N3O3S/c23-17(14-5-2-1-3-6-14)20-10-11-21-16(13-20)18(24)22(19(21)25)9-8-15-7-4-12-26-15/h4,7,12,14,16H,1-3,5-6,8-11,13H2/t16-/m1/s1. The molecule has 0 N–H and O–H groups in total. The summed E-state index contributed by atoms with van der Waals surface area (Å²) in [4.78, 5) is 44.2. The summed E-state index contributed by atoms with van der Waals surface area (Å²) in [5.41, 5.74) is 0. The molecule has 26 heavy (non-hydrogen) atoms. The molecule has 1 saturated carbocycles. The Balaban J connectivity index is 1.39. The number of amides is 4.